The van der Waals surface area contributed by atoms with Crippen LogP contribution in [0.2, 0.25) is 0 Å². The van der Waals surface area contributed by atoms with Crippen molar-refractivity contribution in [2.24, 2.45) is 0 Å². The van der Waals surface area contributed by atoms with E-state index in [2.05, 4.69) is 15.5 Å². The smallest absolute Gasteiger partial charge is 0.387 e. The van der Waals surface area contributed by atoms with E-state index in [4.69, 9.17) is 4.74 Å². The first-order valence-corrected chi connectivity index (χ1v) is 12.1. The molecule has 1 aliphatic rings. The largest absolute Gasteiger partial charge is 0.457 e. The van der Waals surface area contributed by atoms with Crippen LogP contribution >= 0.6 is 0 Å². The molecule has 4 aromatic rings. The fraction of sp³-hybridized carbons (Fsp3) is 0.100. The number of alkyl halides is 2. The standard InChI is InChI=1S/C30H24F3N3O3/c1-19-2-4-21(5-3-19)28-27(20-6-8-22(31)9-7-20)18-36(35-28)30(37)34-23-10-12-24(13-11-23)38-25-14-16-26(17-15-25)39-29(32)33/h2-17,29,35H,18H2,1H3,(H,34,37). The van der Waals surface area contributed by atoms with Crippen LogP contribution in [0, 0.1) is 12.7 Å². The molecule has 0 fully saturated rings. The van der Waals surface area contributed by atoms with Crippen LogP contribution < -0.4 is 20.2 Å². The molecule has 39 heavy (non-hydrogen) atoms. The Balaban J connectivity index is 1.26. The van der Waals surface area contributed by atoms with Gasteiger partial charge in [-0.2, -0.15) is 8.78 Å². The molecule has 0 unspecified atom stereocenters. The lowest BCUT2D eigenvalue weighted by molar-refractivity contribution is -0.0498. The maximum absolute atomic E-state index is 13.5. The Bertz CT molecular complexity index is 1410. The zero-order chi connectivity index (χ0) is 27.4. The third-order valence-corrected chi connectivity index (χ3v) is 6.03. The number of carbonyl (C=O) groups is 1. The number of hydrazine groups is 1. The monoisotopic (exact) mass is 531 g/mol. The molecule has 0 saturated carbocycles. The lowest BCUT2D eigenvalue weighted by atomic mass is 10.00. The Labute approximate surface area is 223 Å². The summed E-state index contributed by atoms with van der Waals surface area (Å²) < 4.78 is 48.2. The number of anilines is 1. The first-order chi connectivity index (χ1) is 18.8. The normalized spacial score (nSPS) is 12.9. The van der Waals surface area contributed by atoms with E-state index in [0.717, 1.165) is 28.0 Å². The number of ether oxygens (including phenoxy) is 2. The topological polar surface area (TPSA) is 62.8 Å². The number of rotatable bonds is 7. The number of hydrogen-bond donors (Lipinski definition) is 2. The van der Waals surface area contributed by atoms with Crippen molar-refractivity contribution < 1.29 is 27.4 Å². The van der Waals surface area contributed by atoms with Gasteiger partial charge in [-0.05, 0) is 78.7 Å². The van der Waals surface area contributed by atoms with Crippen LogP contribution in [0.4, 0.5) is 23.7 Å². The number of amides is 2. The lowest BCUT2D eigenvalue weighted by Gasteiger charge is -2.19. The van der Waals surface area contributed by atoms with Gasteiger partial charge in [-0.3, -0.25) is 5.43 Å². The minimum atomic E-state index is -2.89. The molecular weight excluding hydrogens is 507 g/mol. The first kappa shape index (κ1) is 25.7. The molecule has 0 saturated heterocycles. The van der Waals surface area contributed by atoms with Crippen molar-refractivity contribution in [3.8, 4) is 17.2 Å². The van der Waals surface area contributed by atoms with E-state index in [1.807, 2.05) is 31.2 Å². The summed E-state index contributed by atoms with van der Waals surface area (Å²) in [6.07, 6.45) is 0. The molecule has 1 aliphatic heterocycles. The van der Waals surface area contributed by atoms with Crippen molar-refractivity contribution in [2.75, 3.05) is 11.9 Å². The Morgan fingerprint density at radius 2 is 1.38 bits per heavy atom. The van der Waals surface area contributed by atoms with Gasteiger partial charge in [0.2, 0.25) is 0 Å². The van der Waals surface area contributed by atoms with Crippen molar-refractivity contribution in [1.29, 1.82) is 0 Å². The van der Waals surface area contributed by atoms with Crippen molar-refractivity contribution in [3.63, 3.8) is 0 Å². The van der Waals surface area contributed by atoms with E-state index in [1.165, 1.54) is 41.4 Å². The van der Waals surface area contributed by atoms with Gasteiger partial charge < -0.3 is 14.8 Å². The Morgan fingerprint density at radius 3 is 2.00 bits per heavy atom. The number of benzene rings is 4. The van der Waals surface area contributed by atoms with E-state index in [-0.39, 0.29) is 24.1 Å². The van der Waals surface area contributed by atoms with Crippen LogP contribution in [-0.4, -0.2) is 24.2 Å². The molecule has 5 rings (SSSR count). The van der Waals surface area contributed by atoms with Crippen LogP contribution in [0.5, 0.6) is 17.2 Å². The van der Waals surface area contributed by atoms with E-state index in [1.54, 1.807) is 36.4 Å². The van der Waals surface area contributed by atoms with Crippen molar-refractivity contribution in [1.82, 2.24) is 10.4 Å². The predicted molar refractivity (Wildman–Crippen MR) is 143 cm³/mol. The summed E-state index contributed by atoms with van der Waals surface area (Å²) in [5, 5.41) is 4.32. The SMILES string of the molecule is Cc1ccc(C2=C(c3ccc(F)cc3)CN(C(=O)Nc3ccc(Oc4ccc(OC(F)F)cc4)cc3)N2)cc1. The molecule has 0 bridgehead atoms. The molecular formula is C30H24F3N3O3. The highest BCUT2D eigenvalue weighted by molar-refractivity contribution is 5.98. The molecule has 0 aromatic heterocycles. The van der Waals surface area contributed by atoms with Crippen molar-refractivity contribution >= 4 is 23.0 Å². The predicted octanol–water partition coefficient (Wildman–Crippen LogP) is 7.45. The first-order valence-electron chi connectivity index (χ1n) is 12.1. The second-order valence-electron chi connectivity index (χ2n) is 8.83. The van der Waals surface area contributed by atoms with E-state index in [0.29, 0.717) is 17.2 Å². The van der Waals surface area contributed by atoms with Crippen LogP contribution in [-0.2, 0) is 0 Å². The molecule has 1 heterocycles. The van der Waals surface area contributed by atoms with Gasteiger partial charge in [-0.25, -0.2) is 14.2 Å². The van der Waals surface area contributed by atoms with Gasteiger partial charge in [0.1, 0.15) is 23.1 Å². The molecule has 0 radical (unpaired) electrons. The fourth-order valence-corrected chi connectivity index (χ4v) is 4.07. The van der Waals surface area contributed by atoms with E-state index < -0.39 is 6.61 Å². The van der Waals surface area contributed by atoms with E-state index in [9.17, 15) is 18.0 Å². The Hall–Kier alpha value is -4.92. The maximum Gasteiger partial charge on any atom is 0.387 e. The molecule has 9 heteroatoms. The van der Waals surface area contributed by atoms with Gasteiger partial charge in [-0.1, -0.05) is 42.0 Å². The van der Waals surface area contributed by atoms with Crippen LogP contribution in [0.25, 0.3) is 11.3 Å². The van der Waals surface area contributed by atoms with Crippen molar-refractivity contribution in [3.05, 3.63) is 120 Å². The second-order valence-corrected chi connectivity index (χ2v) is 8.83. The van der Waals surface area contributed by atoms with Gasteiger partial charge >= 0.3 is 12.6 Å². The molecule has 2 N–H and O–H groups in total. The number of carbonyl (C=O) groups excluding carboxylic acids is 1. The molecule has 0 atom stereocenters. The van der Waals surface area contributed by atoms with Crippen LogP contribution in [0.15, 0.2) is 97.1 Å². The van der Waals surface area contributed by atoms with Gasteiger partial charge in [0, 0.05) is 11.3 Å². The number of nitrogens with zero attached hydrogens (tertiary/aromatic N) is 1. The number of halogens is 3. The third-order valence-electron chi connectivity index (χ3n) is 6.03. The molecule has 0 aliphatic carbocycles. The quantitative estimate of drug-likeness (QED) is 0.260. The van der Waals surface area contributed by atoms with Gasteiger partial charge in [0.25, 0.3) is 0 Å². The summed E-state index contributed by atoms with van der Waals surface area (Å²) >= 11 is 0. The highest BCUT2D eigenvalue weighted by atomic mass is 19.3. The van der Waals surface area contributed by atoms with Gasteiger partial charge in [-0.15, -0.1) is 0 Å². The summed E-state index contributed by atoms with van der Waals surface area (Å²) in [6.45, 7) is -0.624. The summed E-state index contributed by atoms with van der Waals surface area (Å²) in [5.74, 6) is 0.643. The number of urea groups is 1. The molecule has 198 valence electrons. The van der Waals surface area contributed by atoms with Gasteiger partial charge in [0.15, 0.2) is 0 Å². The molecule has 0 spiro atoms. The third kappa shape index (κ3) is 6.32. The summed E-state index contributed by atoms with van der Waals surface area (Å²) in [4.78, 5) is 13.1. The lowest BCUT2D eigenvalue weighted by Crippen LogP contribution is -2.40. The highest BCUT2D eigenvalue weighted by Crippen LogP contribution is 2.31. The fourth-order valence-electron chi connectivity index (χ4n) is 4.07. The molecule has 6 nitrogen and oxygen atoms in total. The maximum atomic E-state index is 13.5. The average Bonchev–Trinajstić information content (AvgIpc) is 3.37. The minimum Gasteiger partial charge on any atom is -0.457 e. The van der Waals surface area contributed by atoms with Crippen molar-refractivity contribution in [2.45, 2.75) is 13.5 Å². The van der Waals surface area contributed by atoms with Gasteiger partial charge in [0.05, 0.1) is 12.2 Å². The summed E-state index contributed by atoms with van der Waals surface area (Å²) in [5.41, 5.74) is 8.20. The number of aryl methyl sites for hydroxylation is 1. The molecule has 4 aromatic carbocycles. The average molecular weight is 532 g/mol. The Kier molecular flexibility index (Phi) is 7.40. The number of nitrogens with one attached hydrogen (secondary N) is 2. The zero-order valence-electron chi connectivity index (χ0n) is 20.8. The minimum absolute atomic E-state index is 0.0357. The van der Waals surface area contributed by atoms with Crippen LogP contribution in [0.1, 0.15) is 16.7 Å². The zero-order valence-corrected chi connectivity index (χ0v) is 20.8. The number of hydrogen-bond acceptors (Lipinski definition) is 4. The second kappa shape index (κ2) is 11.2. The molecule has 2 amide bonds. The van der Waals surface area contributed by atoms with E-state index >= 15 is 0 Å². The summed E-state index contributed by atoms with van der Waals surface area (Å²) in [7, 11) is 0. The highest BCUT2D eigenvalue weighted by Gasteiger charge is 2.27. The van der Waals surface area contributed by atoms with Crippen LogP contribution in [0.3, 0.4) is 0 Å². The Morgan fingerprint density at radius 1 is 0.821 bits per heavy atom. The summed E-state index contributed by atoms with van der Waals surface area (Å²) in [6, 6.07) is 26.3.